The molecule has 2 N–H and O–H groups in total. The topological polar surface area (TPSA) is 204 Å². The number of ether oxygens (including phenoxy) is 14. The van der Waals surface area contributed by atoms with E-state index in [1.807, 2.05) is 74.5 Å². The first kappa shape index (κ1) is 112. The van der Waals surface area contributed by atoms with Crippen molar-refractivity contribution in [1.82, 2.24) is 0 Å². The van der Waals surface area contributed by atoms with E-state index in [0.717, 1.165) is 94.6 Å². The van der Waals surface area contributed by atoms with Crippen LogP contribution in [0, 0.1) is 320 Å². The number of fused-ring (bicyclic) bond motifs is 2. The summed E-state index contributed by atoms with van der Waals surface area (Å²) in [6.07, 6.45) is 10.3. The van der Waals surface area contributed by atoms with E-state index in [1.54, 1.807) is 27.7 Å². The third-order valence-corrected chi connectivity index (χ3v) is 21.0. The number of esters is 2. The fraction of sp³-hybridized carbons (Fsp3) is 0.459. The molecule has 12 unspecified atom stereocenters. The molecule has 0 amide bonds. The second kappa shape index (κ2) is 69.2. The lowest BCUT2D eigenvalue weighted by molar-refractivity contribution is -0.363. The van der Waals surface area contributed by atoms with Gasteiger partial charge in [0.1, 0.15) is 42.7 Å². The van der Waals surface area contributed by atoms with Crippen molar-refractivity contribution in [2.24, 2.45) is 11.8 Å². The van der Waals surface area contributed by atoms with Crippen molar-refractivity contribution in [3.63, 3.8) is 0 Å². The molecule has 0 bridgehead atoms. The van der Waals surface area contributed by atoms with Crippen molar-refractivity contribution in [3.8, 4) is 308 Å². The van der Waals surface area contributed by atoms with E-state index in [2.05, 4.69) is 336 Å². The van der Waals surface area contributed by atoms with Crippen LogP contribution in [0.3, 0.4) is 0 Å². The van der Waals surface area contributed by atoms with Crippen LogP contribution in [-0.2, 0) is 75.9 Å². The van der Waals surface area contributed by atoms with Crippen LogP contribution in [0.2, 0.25) is 0 Å². The molecular weight excluding hydrogens is 1750 g/mol. The minimum Gasteiger partial charge on any atom is -0.447 e. The van der Waals surface area contributed by atoms with Gasteiger partial charge in [0.05, 0.1) is 44.7 Å². The molecular formula is C122H112O18. The largest absolute Gasteiger partial charge is 0.447 e. The van der Waals surface area contributed by atoms with Crippen molar-refractivity contribution >= 4 is 11.9 Å². The average Bonchev–Trinajstić information content (AvgIpc) is 1.04. The van der Waals surface area contributed by atoms with Crippen LogP contribution in [0.1, 0.15) is 234 Å². The Balaban J connectivity index is 0.000000381. The van der Waals surface area contributed by atoms with Crippen LogP contribution in [-0.4, -0.2) is 146 Å². The summed E-state index contributed by atoms with van der Waals surface area (Å²) in [6.45, 7) is 19.4. The molecule has 6 heterocycles. The van der Waals surface area contributed by atoms with Gasteiger partial charge in [0.2, 0.25) is 0 Å². The van der Waals surface area contributed by atoms with Crippen LogP contribution in [0.4, 0.5) is 0 Å². The number of carbonyl (C=O) groups excluding carboxylic acids is 2. The molecule has 0 aliphatic carbocycles. The van der Waals surface area contributed by atoms with E-state index in [0.29, 0.717) is 19.4 Å². The molecule has 8 rings (SSSR count). The number of aliphatic hydroxyl groups excluding tert-OH is 2. The number of aliphatic hydroxyl groups is 2. The molecule has 6 aliphatic rings. The molecule has 0 saturated carbocycles. The van der Waals surface area contributed by atoms with E-state index < -0.39 is 104 Å². The van der Waals surface area contributed by atoms with Gasteiger partial charge in [0.25, 0.3) is 0 Å². The second-order valence-corrected chi connectivity index (χ2v) is 32.5. The molecule has 140 heavy (non-hydrogen) atoms. The van der Waals surface area contributed by atoms with Crippen molar-refractivity contribution in [1.29, 1.82) is 0 Å². The van der Waals surface area contributed by atoms with Gasteiger partial charge in [0, 0.05) is 126 Å². The summed E-state index contributed by atoms with van der Waals surface area (Å²) in [6, 6.07) is 19.1. The summed E-state index contributed by atoms with van der Waals surface area (Å²) >= 11 is 0. The molecule has 6 aliphatic heterocycles. The third-order valence-electron chi connectivity index (χ3n) is 21.0. The molecule has 6 saturated heterocycles. The Bertz CT molecular complexity index is 5940. The highest BCUT2D eigenvalue weighted by Gasteiger charge is 2.53. The Labute approximate surface area is 831 Å². The average molecular weight is 1870 g/mol. The summed E-state index contributed by atoms with van der Waals surface area (Å²) < 4.78 is 86.9. The quantitative estimate of drug-likeness (QED) is 0.0302. The maximum atomic E-state index is 13.3. The summed E-state index contributed by atoms with van der Waals surface area (Å²) in [7, 11) is 0. The van der Waals surface area contributed by atoms with Crippen molar-refractivity contribution in [2.75, 3.05) is 26.4 Å². The van der Waals surface area contributed by atoms with Crippen LogP contribution in [0.15, 0.2) is 60.7 Å². The zero-order valence-electron chi connectivity index (χ0n) is 81.0. The maximum absolute atomic E-state index is 13.3. The minimum atomic E-state index is -1.50. The molecule has 2 aromatic rings. The highest BCUT2D eigenvalue weighted by molar-refractivity contribution is 5.89. The molecule has 2 aromatic carbocycles. The molecule has 0 aromatic heterocycles. The molecule has 0 radical (unpaired) electrons. The van der Waals surface area contributed by atoms with Gasteiger partial charge in [-0.15, -0.1) is 23.7 Å². The van der Waals surface area contributed by atoms with Gasteiger partial charge in [-0.25, -0.2) is 9.59 Å². The van der Waals surface area contributed by atoms with Gasteiger partial charge >= 0.3 is 11.9 Å². The summed E-state index contributed by atoms with van der Waals surface area (Å²) in [5.41, 5.74) is 1.72. The molecule has 708 valence electrons. The predicted molar refractivity (Wildman–Crippen MR) is 533 cm³/mol. The maximum Gasteiger partial charge on any atom is 0.385 e. The smallest absolute Gasteiger partial charge is 0.385 e. The molecule has 18 atom stereocenters. The number of carbonyl (C=O) groups is 2. The number of rotatable bonds is 32. The highest BCUT2D eigenvalue weighted by Crippen LogP contribution is 2.42. The SMILES string of the molecule is CC#CC#CC#CC#CC#CC#CC#CC#CC#CC#CC#CC#CC(=O)O[C@@H](COC1OC2COC(c3ccccc3)OC2C(C)C1C)[C@@H]1OC(C)(C)O[C@@H]1CCCCCCC#CCCCCCC.CC#CC#CC#CC#CC#CC#CC#CC#CC#CC#CC#CC#CC(=O)O[C@@H](COC1OC2COC(c3ccccc3)OC2C(O)C1O)[C@@H]1OC(C)(C)O[C@@H]1CCCCCCC#CCCCCCC. The Morgan fingerprint density at radius 2 is 0.643 bits per heavy atom. The predicted octanol–water partition coefficient (Wildman–Crippen LogP) is 13.3. The van der Waals surface area contributed by atoms with E-state index in [4.69, 9.17) is 66.3 Å². The second-order valence-electron chi connectivity index (χ2n) is 32.5. The first-order chi connectivity index (χ1) is 68.4. The zero-order chi connectivity index (χ0) is 99.8. The van der Waals surface area contributed by atoms with Crippen LogP contribution in [0.5, 0.6) is 0 Å². The first-order valence-corrected chi connectivity index (χ1v) is 46.9. The Hall–Kier alpha value is -14.6. The summed E-state index contributed by atoms with van der Waals surface area (Å²) in [5, 5.41) is 22.4. The zero-order valence-corrected chi connectivity index (χ0v) is 81.0. The highest BCUT2D eigenvalue weighted by atomic mass is 16.8. The molecule has 18 nitrogen and oxygen atoms in total. The number of hydrogen-bond acceptors (Lipinski definition) is 18. The van der Waals surface area contributed by atoms with Gasteiger partial charge in [-0.05, 0) is 275 Å². The third kappa shape index (κ3) is 46.5. The monoisotopic (exact) mass is 1860 g/mol. The van der Waals surface area contributed by atoms with Crippen LogP contribution >= 0.6 is 0 Å². The summed E-state index contributed by atoms with van der Waals surface area (Å²) in [5.74, 6) is 131. The molecule has 0 spiro atoms. The Kier molecular flexibility index (Phi) is 55.6. The molecule has 6 fully saturated rings. The number of hydrogen-bond donors (Lipinski definition) is 2. The van der Waals surface area contributed by atoms with E-state index >= 15 is 0 Å². The number of unbranched alkanes of at least 4 members (excludes halogenated alkanes) is 16. The lowest BCUT2D eigenvalue weighted by Gasteiger charge is -2.48. The van der Waals surface area contributed by atoms with Crippen LogP contribution in [0.25, 0.3) is 0 Å². The van der Waals surface area contributed by atoms with Gasteiger partial charge in [0.15, 0.2) is 48.9 Å². The fourth-order valence-corrected chi connectivity index (χ4v) is 14.3. The molecule has 18 heteroatoms. The Morgan fingerprint density at radius 1 is 0.350 bits per heavy atom. The van der Waals surface area contributed by atoms with Gasteiger partial charge in [-0.1, -0.05) is 177 Å². The lowest BCUT2D eigenvalue weighted by Crippen LogP contribution is -2.62. The fourth-order valence-electron chi connectivity index (χ4n) is 14.3. The van der Waals surface area contributed by atoms with Crippen molar-refractivity contribution in [2.45, 2.75) is 320 Å². The first-order valence-electron chi connectivity index (χ1n) is 46.9. The Morgan fingerprint density at radius 3 is 0.979 bits per heavy atom. The standard InChI is InChI=1S/C62H58O8.C60H54O10/c1-7-9-11-13-15-17-19-21-22-23-24-25-26-27-28-29-30-31-33-35-37-39-44-48-57(63)66-56(59-54(69-62(5,6)70-59)47-43-38-36-34-32-20-18-16-14-12-10-8-2)50-64-60-52(4)51(3)58-55(67-60)49-65-61(68-58)53-45-41-40-42-46-53;1-5-7-9-11-13-15-17-19-20-21-22-23-24-25-26-27-28-29-31-33-35-37-42-46-53(61)66-51(56-50(69-60(3,4)70-56)45-41-36-34-32-30-18-16-14-12-10-8-6-2)47-65-59-55(63)54(62)57-52(67-59)48-64-58(68-57)49-43-39-38-40-44-49/h40-42,45-46,51-52,54-56,58-61H,8,10,12,14,16,32,34,36,38,43,47,49-50H2,1-6H3;38-40,43-44,50-52,54-59,62-63H,6,8,10,12,14,30,32,34,36,41,45,47-48H2,1-4H3/t51?,52?,54-,55?,56+,58?,59-,60?,61?;50-,51+,52?,54?,55?,56-,57?,58?,59?/m11/s1. The van der Waals surface area contributed by atoms with Gasteiger partial charge in [-0.3, -0.25) is 0 Å². The van der Waals surface area contributed by atoms with Crippen molar-refractivity contribution in [3.05, 3.63) is 71.8 Å². The van der Waals surface area contributed by atoms with Crippen molar-refractivity contribution < 1.29 is 86.1 Å². The van der Waals surface area contributed by atoms with Crippen LogP contribution < -0.4 is 0 Å². The van der Waals surface area contributed by atoms with E-state index in [9.17, 15) is 19.8 Å². The van der Waals surface area contributed by atoms with E-state index in [-0.39, 0.29) is 50.0 Å². The van der Waals surface area contributed by atoms with Gasteiger partial charge < -0.3 is 76.5 Å². The van der Waals surface area contributed by atoms with Gasteiger partial charge in [-0.2, -0.15) is 0 Å². The number of benzene rings is 2. The minimum absolute atomic E-state index is 0.0232. The van der Waals surface area contributed by atoms with E-state index in [1.165, 1.54) is 44.9 Å². The normalized spacial score (nSPS) is 21.7. The lowest BCUT2D eigenvalue weighted by atomic mass is 9.84. The summed E-state index contributed by atoms with van der Waals surface area (Å²) in [4.78, 5) is 26.4.